The van der Waals surface area contributed by atoms with E-state index in [0.29, 0.717) is 30.0 Å². The molecule has 4 rings (SSSR count). The van der Waals surface area contributed by atoms with Crippen molar-refractivity contribution in [3.63, 3.8) is 0 Å². The van der Waals surface area contributed by atoms with Crippen molar-refractivity contribution in [2.75, 3.05) is 13.1 Å². The van der Waals surface area contributed by atoms with Crippen molar-refractivity contribution in [2.45, 2.75) is 38.9 Å². The number of piperidine rings is 1. The van der Waals surface area contributed by atoms with Crippen molar-refractivity contribution >= 4 is 16.8 Å². The molecule has 0 atom stereocenters. The normalized spacial score (nSPS) is 15.2. The average molecular weight is 380 g/mol. The van der Waals surface area contributed by atoms with Crippen molar-refractivity contribution in [3.8, 4) is 0 Å². The Hall–Kier alpha value is -3.09. The first-order valence-corrected chi connectivity index (χ1v) is 9.72. The van der Waals surface area contributed by atoms with E-state index in [4.69, 9.17) is 0 Å². The second-order valence-electron chi connectivity index (χ2n) is 7.18. The van der Waals surface area contributed by atoms with E-state index in [1.54, 1.807) is 31.2 Å². The van der Waals surface area contributed by atoms with Crippen molar-refractivity contribution in [1.29, 1.82) is 0 Å². The number of amides is 1. The Labute approximate surface area is 162 Å². The van der Waals surface area contributed by atoms with E-state index in [9.17, 15) is 14.4 Å². The van der Waals surface area contributed by atoms with Crippen LogP contribution in [0, 0.1) is 0 Å². The van der Waals surface area contributed by atoms with Gasteiger partial charge in [-0.05, 0) is 44.0 Å². The molecule has 1 aromatic carbocycles. The van der Waals surface area contributed by atoms with Crippen LogP contribution in [0.2, 0.25) is 0 Å². The van der Waals surface area contributed by atoms with Gasteiger partial charge in [0, 0.05) is 38.1 Å². The third-order valence-corrected chi connectivity index (χ3v) is 5.61. The molecular weight excluding hydrogens is 356 g/mol. The monoisotopic (exact) mass is 380 g/mol. The molecule has 0 spiro atoms. The number of nitrogens with zero attached hydrogens (tertiary/aromatic N) is 4. The summed E-state index contributed by atoms with van der Waals surface area (Å²) >= 11 is 0. The minimum Gasteiger partial charge on any atom is -0.351 e. The van der Waals surface area contributed by atoms with Gasteiger partial charge in [-0.2, -0.15) is 0 Å². The lowest BCUT2D eigenvalue weighted by molar-refractivity contribution is -0.133. The summed E-state index contributed by atoms with van der Waals surface area (Å²) in [4.78, 5) is 40.1. The molecule has 28 heavy (non-hydrogen) atoms. The van der Waals surface area contributed by atoms with E-state index < -0.39 is 5.69 Å². The molecule has 1 fully saturated rings. The Morgan fingerprint density at radius 3 is 2.36 bits per heavy atom. The molecule has 0 bridgehead atoms. The molecule has 3 aromatic rings. The molecule has 3 heterocycles. The van der Waals surface area contributed by atoms with Crippen LogP contribution in [0.15, 0.2) is 58.4 Å². The summed E-state index contributed by atoms with van der Waals surface area (Å²) in [5.41, 5.74) is -0.223. The SMILES string of the molecule is CCn1c(=O)c2ccccc2n(CC(=O)N2CCC(n3cccc3)CC2)c1=O. The lowest BCUT2D eigenvalue weighted by Crippen LogP contribution is -2.45. The second kappa shape index (κ2) is 7.50. The van der Waals surface area contributed by atoms with Gasteiger partial charge in [0.2, 0.25) is 5.91 Å². The number of hydrogen-bond donors (Lipinski definition) is 0. The standard InChI is InChI=1S/C21H24N4O3/c1-2-24-20(27)17-7-3-4-8-18(17)25(21(24)28)15-19(26)23-13-9-16(10-14-23)22-11-5-6-12-22/h3-8,11-12,16H,2,9-10,13-15H2,1H3. The van der Waals surface area contributed by atoms with E-state index in [-0.39, 0.29) is 24.6 Å². The minimum atomic E-state index is -0.429. The van der Waals surface area contributed by atoms with Gasteiger partial charge in [-0.15, -0.1) is 0 Å². The zero-order valence-electron chi connectivity index (χ0n) is 16.0. The summed E-state index contributed by atoms with van der Waals surface area (Å²) in [6.07, 6.45) is 5.90. The Kier molecular flexibility index (Phi) is 4.90. The fourth-order valence-corrected chi connectivity index (χ4v) is 4.04. The summed E-state index contributed by atoms with van der Waals surface area (Å²) in [6, 6.07) is 11.4. The molecule has 7 nitrogen and oxygen atoms in total. The first-order chi connectivity index (χ1) is 13.6. The molecule has 0 unspecified atom stereocenters. The summed E-state index contributed by atoms with van der Waals surface area (Å²) in [5, 5.41) is 0.461. The lowest BCUT2D eigenvalue weighted by Gasteiger charge is -2.33. The Bertz CT molecular complexity index is 1100. The summed E-state index contributed by atoms with van der Waals surface area (Å²) in [7, 11) is 0. The van der Waals surface area contributed by atoms with Gasteiger partial charge in [0.1, 0.15) is 6.54 Å². The summed E-state index contributed by atoms with van der Waals surface area (Å²) in [5.74, 6) is -0.0838. The van der Waals surface area contributed by atoms with Crippen molar-refractivity contribution in [3.05, 3.63) is 69.6 Å². The zero-order valence-corrected chi connectivity index (χ0v) is 16.0. The highest BCUT2D eigenvalue weighted by atomic mass is 16.2. The number of fused-ring (bicyclic) bond motifs is 1. The van der Waals surface area contributed by atoms with Gasteiger partial charge in [-0.3, -0.25) is 18.7 Å². The quantitative estimate of drug-likeness (QED) is 0.694. The van der Waals surface area contributed by atoms with Crippen LogP contribution in [0.4, 0.5) is 0 Å². The average Bonchev–Trinajstić information content (AvgIpc) is 3.26. The molecule has 0 aliphatic carbocycles. The Morgan fingerprint density at radius 1 is 1.00 bits per heavy atom. The predicted octanol–water partition coefficient (Wildman–Crippen LogP) is 1.85. The minimum absolute atomic E-state index is 0.0478. The first kappa shape index (κ1) is 18.3. The topological polar surface area (TPSA) is 69.2 Å². The highest BCUT2D eigenvalue weighted by Gasteiger charge is 2.24. The number of para-hydroxylation sites is 1. The molecule has 146 valence electrons. The lowest BCUT2D eigenvalue weighted by atomic mass is 10.0. The van der Waals surface area contributed by atoms with Gasteiger partial charge >= 0.3 is 5.69 Å². The molecule has 2 aromatic heterocycles. The van der Waals surface area contributed by atoms with Gasteiger partial charge < -0.3 is 9.47 Å². The molecular formula is C21H24N4O3. The first-order valence-electron chi connectivity index (χ1n) is 9.72. The number of carbonyl (C=O) groups is 1. The van der Waals surface area contributed by atoms with E-state index in [1.165, 1.54) is 9.13 Å². The van der Waals surface area contributed by atoms with Crippen LogP contribution in [0.3, 0.4) is 0 Å². The van der Waals surface area contributed by atoms with Crippen LogP contribution in [-0.2, 0) is 17.9 Å². The predicted molar refractivity (Wildman–Crippen MR) is 107 cm³/mol. The number of aromatic nitrogens is 3. The highest BCUT2D eigenvalue weighted by Crippen LogP contribution is 2.22. The Morgan fingerprint density at radius 2 is 1.68 bits per heavy atom. The number of hydrogen-bond acceptors (Lipinski definition) is 3. The number of likely N-dealkylation sites (tertiary alicyclic amines) is 1. The molecule has 1 amide bonds. The molecule has 0 saturated carbocycles. The summed E-state index contributed by atoms with van der Waals surface area (Å²) in [6.45, 7) is 3.33. The van der Waals surface area contributed by atoms with Crippen LogP contribution in [0.25, 0.3) is 10.9 Å². The zero-order chi connectivity index (χ0) is 19.7. The maximum atomic E-state index is 12.9. The van der Waals surface area contributed by atoms with E-state index >= 15 is 0 Å². The molecule has 1 aliphatic rings. The molecule has 7 heteroatoms. The van der Waals surface area contributed by atoms with Crippen LogP contribution in [-0.4, -0.2) is 37.6 Å². The van der Waals surface area contributed by atoms with E-state index in [1.807, 2.05) is 17.0 Å². The third kappa shape index (κ3) is 3.17. The fourth-order valence-electron chi connectivity index (χ4n) is 4.04. The van der Waals surface area contributed by atoms with Gasteiger partial charge in [0.05, 0.1) is 10.9 Å². The number of carbonyl (C=O) groups excluding carboxylic acids is 1. The molecule has 0 radical (unpaired) electrons. The molecule has 1 aliphatic heterocycles. The fraction of sp³-hybridized carbons (Fsp3) is 0.381. The van der Waals surface area contributed by atoms with E-state index in [2.05, 4.69) is 17.0 Å². The number of benzene rings is 1. The molecule has 0 N–H and O–H groups in total. The second-order valence-corrected chi connectivity index (χ2v) is 7.18. The van der Waals surface area contributed by atoms with Crippen molar-refractivity contribution < 1.29 is 4.79 Å². The van der Waals surface area contributed by atoms with Gasteiger partial charge in [-0.1, -0.05) is 12.1 Å². The van der Waals surface area contributed by atoms with Crippen LogP contribution in [0.1, 0.15) is 25.8 Å². The smallest absolute Gasteiger partial charge is 0.331 e. The highest BCUT2D eigenvalue weighted by molar-refractivity contribution is 5.81. The third-order valence-electron chi connectivity index (χ3n) is 5.61. The van der Waals surface area contributed by atoms with Crippen molar-refractivity contribution in [1.82, 2.24) is 18.6 Å². The Balaban J connectivity index is 1.58. The largest absolute Gasteiger partial charge is 0.351 e. The van der Waals surface area contributed by atoms with Crippen LogP contribution < -0.4 is 11.2 Å². The van der Waals surface area contributed by atoms with Crippen LogP contribution in [0.5, 0.6) is 0 Å². The van der Waals surface area contributed by atoms with Gasteiger partial charge in [0.25, 0.3) is 5.56 Å². The summed E-state index contributed by atoms with van der Waals surface area (Å²) < 4.78 is 4.81. The number of rotatable bonds is 4. The van der Waals surface area contributed by atoms with Gasteiger partial charge in [-0.25, -0.2) is 4.79 Å². The maximum absolute atomic E-state index is 12.9. The van der Waals surface area contributed by atoms with E-state index in [0.717, 1.165) is 12.8 Å². The van der Waals surface area contributed by atoms with Crippen LogP contribution >= 0.6 is 0 Å². The van der Waals surface area contributed by atoms with Crippen molar-refractivity contribution in [2.24, 2.45) is 0 Å². The maximum Gasteiger partial charge on any atom is 0.331 e. The van der Waals surface area contributed by atoms with Gasteiger partial charge in [0.15, 0.2) is 0 Å². The molecule has 1 saturated heterocycles.